The van der Waals surface area contributed by atoms with Crippen LogP contribution in [0.4, 0.5) is 0 Å². The van der Waals surface area contributed by atoms with Crippen LogP contribution in [-0.2, 0) is 0 Å². The predicted octanol–water partition coefficient (Wildman–Crippen LogP) is 6.66. The van der Waals surface area contributed by atoms with Crippen molar-refractivity contribution in [2.75, 3.05) is 11.5 Å². The highest BCUT2D eigenvalue weighted by molar-refractivity contribution is 8.18. The van der Waals surface area contributed by atoms with Crippen molar-refractivity contribution >= 4 is 23.5 Å². The molecule has 19 heavy (non-hydrogen) atoms. The van der Waals surface area contributed by atoms with Gasteiger partial charge < -0.3 is 0 Å². The van der Waals surface area contributed by atoms with Crippen LogP contribution in [0.1, 0.15) is 78.1 Å². The first-order valence-corrected chi connectivity index (χ1v) is 10.2. The molecule has 0 nitrogen and oxygen atoms in total. The van der Waals surface area contributed by atoms with Crippen molar-refractivity contribution < 1.29 is 0 Å². The summed E-state index contributed by atoms with van der Waals surface area (Å²) < 4.78 is 0.530. The van der Waals surface area contributed by atoms with Crippen LogP contribution in [0.25, 0.3) is 0 Å². The van der Waals surface area contributed by atoms with E-state index in [-0.39, 0.29) is 0 Å². The third kappa shape index (κ3) is 9.07. The van der Waals surface area contributed by atoms with E-state index in [1.165, 1.54) is 75.7 Å². The molecule has 1 aliphatic rings. The van der Waals surface area contributed by atoms with Gasteiger partial charge in [-0.15, -0.1) is 23.5 Å². The van der Waals surface area contributed by atoms with Crippen molar-refractivity contribution in [3.8, 4) is 0 Å². The molecule has 0 saturated carbocycles. The van der Waals surface area contributed by atoms with E-state index in [4.69, 9.17) is 0 Å². The second-order valence-corrected chi connectivity index (χ2v) is 9.21. The minimum atomic E-state index is 0.530. The maximum absolute atomic E-state index is 2.45. The molecular weight excluding hydrogens is 268 g/mol. The minimum Gasteiger partial charge on any atom is -0.144 e. The number of hydrogen-bond acceptors (Lipinski definition) is 2. The van der Waals surface area contributed by atoms with E-state index in [0.29, 0.717) is 4.08 Å². The third-order valence-electron chi connectivity index (χ3n) is 3.75. The van der Waals surface area contributed by atoms with Crippen LogP contribution in [0.5, 0.6) is 0 Å². The quantitative estimate of drug-likeness (QED) is 0.327. The molecule has 0 aromatic carbocycles. The molecule has 0 bridgehead atoms. The Hall–Kier alpha value is 0.440. The molecule has 1 rings (SSSR count). The number of hydrogen-bond donors (Lipinski definition) is 0. The van der Waals surface area contributed by atoms with Crippen LogP contribution >= 0.6 is 23.5 Å². The second kappa shape index (κ2) is 11.1. The molecule has 1 saturated heterocycles. The predicted molar refractivity (Wildman–Crippen MR) is 94.3 cm³/mol. The number of thioether (sulfide) groups is 2. The molecule has 0 unspecified atom stereocenters. The highest BCUT2D eigenvalue weighted by atomic mass is 32.2. The monoisotopic (exact) mass is 300 g/mol. The Morgan fingerprint density at radius 3 is 2.16 bits per heavy atom. The van der Waals surface area contributed by atoms with Gasteiger partial charge in [-0.25, -0.2) is 0 Å². The van der Waals surface area contributed by atoms with Gasteiger partial charge in [-0.2, -0.15) is 0 Å². The molecule has 1 heterocycles. The highest BCUT2D eigenvalue weighted by Gasteiger charge is 2.27. The van der Waals surface area contributed by atoms with Gasteiger partial charge in [0.2, 0.25) is 0 Å². The number of rotatable bonds is 10. The normalized spacial score (nSPS) is 19.1. The summed E-state index contributed by atoms with van der Waals surface area (Å²) in [6, 6.07) is 0. The summed E-state index contributed by atoms with van der Waals surface area (Å²) in [5.41, 5.74) is 0. The molecule has 112 valence electrons. The highest BCUT2D eigenvalue weighted by Crippen LogP contribution is 2.45. The molecule has 1 aliphatic heterocycles. The van der Waals surface area contributed by atoms with E-state index >= 15 is 0 Å². The largest absolute Gasteiger partial charge is 0.144 e. The van der Waals surface area contributed by atoms with E-state index in [2.05, 4.69) is 49.5 Å². The fraction of sp³-hybridized carbons (Fsp3) is 0.882. The molecule has 0 aromatic rings. The van der Waals surface area contributed by atoms with Gasteiger partial charge >= 0.3 is 0 Å². The Bertz CT molecular complexity index is 229. The van der Waals surface area contributed by atoms with Crippen LogP contribution in [0.2, 0.25) is 0 Å². The third-order valence-corrected chi connectivity index (χ3v) is 7.07. The Balaban J connectivity index is 1.91. The second-order valence-electron chi connectivity index (χ2n) is 5.75. The Kier molecular flexibility index (Phi) is 10.3. The van der Waals surface area contributed by atoms with E-state index in [1.807, 2.05) is 0 Å². The van der Waals surface area contributed by atoms with Gasteiger partial charge in [0.1, 0.15) is 0 Å². The van der Waals surface area contributed by atoms with Gasteiger partial charge in [0.15, 0.2) is 0 Å². The molecule has 0 N–H and O–H groups in total. The average Bonchev–Trinajstić information content (AvgIpc) is 2.42. The SMILES string of the molecule is CCCCCC/C=C\CCCCC1(C)SCCCS1. The lowest BCUT2D eigenvalue weighted by Gasteiger charge is -2.32. The first-order chi connectivity index (χ1) is 9.27. The van der Waals surface area contributed by atoms with Crippen LogP contribution in [0, 0.1) is 0 Å². The Morgan fingerprint density at radius 2 is 1.53 bits per heavy atom. The molecule has 0 spiro atoms. The van der Waals surface area contributed by atoms with Crippen LogP contribution in [-0.4, -0.2) is 15.6 Å². The topological polar surface area (TPSA) is 0 Å². The van der Waals surface area contributed by atoms with Gasteiger partial charge in [0.25, 0.3) is 0 Å². The minimum absolute atomic E-state index is 0.530. The maximum Gasteiger partial charge on any atom is 0.0583 e. The summed E-state index contributed by atoms with van der Waals surface area (Å²) in [5.74, 6) is 2.75. The van der Waals surface area contributed by atoms with Crippen LogP contribution < -0.4 is 0 Å². The van der Waals surface area contributed by atoms with Gasteiger partial charge in [-0.1, -0.05) is 44.8 Å². The summed E-state index contributed by atoms with van der Waals surface area (Å²) in [4.78, 5) is 0. The first-order valence-electron chi connectivity index (χ1n) is 8.20. The summed E-state index contributed by atoms with van der Waals surface area (Å²) in [6.45, 7) is 4.73. The van der Waals surface area contributed by atoms with Gasteiger partial charge in [-0.3, -0.25) is 0 Å². The summed E-state index contributed by atoms with van der Waals surface area (Å²) >= 11 is 4.38. The summed E-state index contributed by atoms with van der Waals surface area (Å²) in [7, 11) is 0. The molecule has 0 amide bonds. The first kappa shape index (κ1) is 17.5. The zero-order valence-electron chi connectivity index (χ0n) is 13.0. The molecule has 0 atom stereocenters. The summed E-state index contributed by atoms with van der Waals surface area (Å²) in [6.07, 6.45) is 18.5. The average molecular weight is 301 g/mol. The maximum atomic E-state index is 2.45. The zero-order chi connectivity index (χ0) is 13.8. The Morgan fingerprint density at radius 1 is 0.895 bits per heavy atom. The van der Waals surface area contributed by atoms with Crippen molar-refractivity contribution in [1.82, 2.24) is 0 Å². The van der Waals surface area contributed by atoms with Crippen molar-refractivity contribution in [3.05, 3.63) is 12.2 Å². The van der Waals surface area contributed by atoms with Crippen LogP contribution in [0.15, 0.2) is 12.2 Å². The molecule has 1 fully saturated rings. The summed E-state index contributed by atoms with van der Waals surface area (Å²) in [5, 5.41) is 0. The lowest BCUT2D eigenvalue weighted by Crippen LogP contribution is -2.20. The molecule has 2 heteroatoms. The zero-order valence-corrected chi connectivity index (χ0v) is 14.6. The van der Waals surface area contributed by atoms with Gasteiger partial charge in [-0.05, 0) is 57.0 Å². The number of allylic oxidation sites excluding steroid dienone is 2. The van der Waals surface area contributed by atoms with Crippen molar-refractivity contribution in [2.24, 2.45) is 0 Å². The molecule has 0 aliphatic carbocycles. The smallest absolute Gasteiger partial charge is 0.0583 e. The van der Waals surface area contributed by atoms with E-state index in [1.54, 1.807) is 0 Å². The molecular formula is C17H32S2. The number of unbranched alkanes of at least 4 members (excludes halogenated alkanes) is 6. The van der Waals surface area contributed by atoms with Gasteiger partial charge in [0, 0.05) is 0 Å². The molecule has 0 aromatic heterocycles. The standard InChI is InChI=1S/C17H32S2/c1-3-4-5-6-7-8-9-10-11-12-14-17(2)18-15-13-16-19-17/h8-9H,3-7,10-16H2,1-2H3/b9-8-. The fourth-order valence-electron chi connectivity index (χ4n) is 2.45. The van der Waals surface area contributed by atoms with E-state index in [0.717, 1.165) is 0 Å². The molecule has 0 radical (unpaired) electrons. The van der Waals surface area contributed by atoms with Crippen molar-refractivity contribution in [2.45, 2.75) is 82.1 Å². The van der Waals surface area contributed by atoms with E-state index < -0.39 is 0 Å². The van der Waals surface area contributed by atoms with Gasteiger partial charge in [0.05, 0.1) is 4.08 Å². The lowest BCUT2D eigenvalue weighted by atomic mass is 10.1. The van der Waals surface area contributed by atoms with Crippen LogP contribution in [0.3, 0.4) is 0 Å². The lowest BCUT2D eigenvalue weighted by molar-refractivity contribution is 0.654. The Labute approximate surface area is 129 Å². The fourth-order valence-corrected chi connectivity index (χ4v) is 5.49. The van der Waals surface area contributed by atoms with Crippen molar-refractivity contribution in [3.63, 3.8) is 0 Å². The van der Waals surface area contributed by atoms with Crippen molar-refractivity contribution in [1.29, 1.82) is 0 Å². The van der Waals surface area contributed by atoms with E-state index in [9.17, 15) is 0 Å².